The van der Waals surface area contributed by atoms with Crippen molar-refractivity contribution in [2.24, 2.45) is 0 Å². The quantitative estimate of drug-likeness (QED) is 0.0531. The van der Waals surface area contributed by atoms with Crippen LogP contribution in [0.2, 0.25) is 0 Å². The average Bonchev–Trinajstić information content (AvgIpc) is 0.976. The van der Waals surface area contributed by atoms with Gasteiger partial charge in [0.1, 0.15) is 37.1 Å². The molecule has 698 valence electrons. The Bertz CT molecular complexity index is 6710. The fourth-order valence-corrected chi connectivity index (χ4v) is 14.9. The molecular formula is C82H58O52. The number of aliphatic hydroxyl groups excluding tert-OH is 3. The number of benzene rings is 9. The summed E-state index contributed by atoms with van der Waals surface area (Å²) >= 11 is 0. The Kier molecular flexibility index (Phi) is 22.3. The second-order valence-corrected chi connectivity index (χ2v) is 29.4. The van der Waals surface area contributed by atoms with Gasteiger partial charge in [0, 0.05) is 33.9 Å². The normalized spacial score (nSPS) is 21.4. The van der Waals surface area contributed by atoms with Crippen LogP contribution in [0.15, 0.2) is 96.0 Å². The van der Waals surface area contributed by atoms with Gasteiger partial charge in [-0.1, -0.05) is 0 Å². The van der Waals surface area contributed by atoms with E-state index in [4.69, 9.17) is 61.6 Å². The lowest BCUT2D eigenvalue weighted by Gasteiger charge is -2.44. The maximum Gasteiger partial charge on any atom is 0.344 e. The highest BCUT2D eigenvalue weighted by Gasteiger charge is 2.59. The number of carbonyl (C=O) groups is 10. The number of ether oxygens (including phenoxy) is 13. The molecule has 0 bridgehead atoms. The third kappa shape index (κ3) is 15.1. The van der Waals surface area contributed by atoms with Crippen LogP contribution in [0.3, 0.4) is 0 Å². The van der Waals surface area contributed by atoms with Crippen molar-refractivity contribution in [2.45, 2.75) is 73.4 Å². The average molecular weight is 1880 g/mol. The van der Waals surface area contributed by atoms with Gasteiger partial charge in [-0.2, -0.15) is 0 Å². The molecule has 9 aromatic carbocycles. The summed E-state index contributed by atoms with van der Waals surface area (Å²) in [5.74, 6) is -67.2. The van der Waals surface area contributed by atoms with E-state index in [1.54, 1.807) is 0 Å². The predicted molar refractivity (Wildman–Crippen MR) is 413 cm³/mol. The molecule has 0 saturated carbocycles. The lowest BCUT2D eigenvalue weighted by atomic mass is 9.79. The van der Waals surface area contributed by atoms with E-state index in [2.05, 4.69) is 0 Å². The third-order valence-corrected chi connectivity index (χ3v) is 21.3. The Morgan fingerprint density at radius 1 is 0.306 bits per heavy atom. The molecule has 2 fully saturated rings. The number of hydrogen-bond acceptors (Lipinski definition) is 52. The summed E-state index contributed by atoms with van der Waals surface area (Å²) in [5.41, 5.74) is -18.5. The smallest absolute Gasteiger partial charge is 0.344 e. The fourth-order valence-electron chi connectivity index (χ4n) is 14.9. The number of hydrogen-bond donors (Lipinski definition) is 29. The van der Waals surface area contributed by atoms with Crippen molar-refractivity contribution in [1.29, 1.82) is 0 Å². The van der Waals surface area contributed by atoms with Crippen molar-refractivity contribution >= 4 is 59.7 Å². The minimum atomic E-state index is -3.08. The molecule has 52 heteroatoms. The van der Waals surface area contributed by atoms with Crippen LogP contribution in [0.5, 0.6) is 161 Å². The zero-order valence-electron chi connectivity index (χ0n) is 65.7. The molecule has 1 aliphatic carbocycles. The SMILES string of the molecule is O=C1O[C@@H]2C(COC(=O)c3cc(O)c(O)c(O)c3[C@H]3C1=CC(O)=C(O)[C@H]3O)O[C@H](OC(=O)c1cc(O)c(O)c(Oc3c(C(=O)OC4O[C@@H]5COC(=O)c6cc(O)c(O)c(O)c6-c6c(cc(O)c(O)c6O)C(=O)O[C@H]5C5OC(=O)c6cc(O)c(O)c(O)c6-c6c(cc(O)c(O)c6O)C(=O)O[C@@H]45)cc(O)c(O)c3O)c1)[C@H](OC(=O)c1cc(O)c(O)c(O)c1)[C@H]2OC(=O)c1cc(O)c(O)c(O)c1. The van der Waals surface area contributed by atoms with Gasteiger partial charge in [-0.25, -0.2) is 47.9 Å². The maximum atomic E-state index is 15.4. The van der Waals surface area contributed by atoms with Gasteiger partial charge in [0.05, 0.1) is 56.0 Å². The van der Waals surface area contributed by atoms with Crippen LogP contribution < -0.4 is 4.74 Å². The number of allylic oxidation sites excluding steroid dienone is 1. The van der Waals surface area contributed by atoms with Crippen LogP contribution in [-0.2, 0) is 61.6 Å². The number of rotatable bonds is 10. The number of cyclic esters (lactones) is 2. The topological polar surface area (TPSA) is 877 Å². The first-order chi connectivity index (χ1) is 63.1. The van der Waals surface area contributed by atoms with Crippen LogP contribution in [0.25, 0.3) is 22.3 Å². The first kappa shape index (κ1) is 90.0. The van der Waals surface area contributed by atoms with E-state index < -0.39 is 402 Å². The van der Waals surface area contributed by atoms with Gasteiger partial charge >= 0.3 is 59.7 Å². The number of carbonyl (C=O) groups excluding carboxylic acids is 10. The van der Waals surface area contributed by atoms with Crippen LogP contribution in [0.4, 0.5) is 0 Å². The molecule has 52 nitrogen and oxygen atoms in total. The number of esters is 10. The molecule has 9 aromatic rings. The van der Waals surface area contributed by atoms with E-state index in [0.717, 1.165) is 0 Å². The van der Waals surface area contributed by atoms with Crippen molar-refractivity contribution in [3.63, 3.8) is 0 Å². The standard InChI is InChI=1S/C82H58O52/c83-26-1-16(2-27(84)47(26)95)71(112)129-67-65-39(14-122-74(115)19-7-31(88)50(98)57(105)41(19)43-21(76(117)127-65)9-33(90)52(100)59(43)107)125-81(69(67)131-72(113)17-3-28(85)48(96)29(86)4-17)133-73(114)18-5-30(87)49(97)38(6-18)124-64-25(13-37(94)56(104)63(64)111)80(121)134-82-70-68(130-78(119)23-11-35(92)54(102)61(109)45(23)46-24(79(120)132-70)12-36(93)55(103)62(46)110)66-40(126-82)15-123-75(116)20-8-32(89)51(99)58(106)42(20)44-22(77(118)128-66)10-34(91)53(101)60(44)108/h1-13,39-40,43,59,65-70,81-111H,14-15H2/t39?,40-,43-,59+,65-,66-,67+,68?,69-,70-,81-,82?/m1/s1. The Labute approximate surface area is 736 Å². The van der Waals surface area contributed by atoms with Crippen molar-refractivity contribution < 1.29 is 258 Å². The molecule has 0 spiro atoms. The third-order valence-electron chi connectivity index (χ3n) is 21.3. The molecule has 12 atom stereocenters. The first-order valence-electron chi connectivity index (χ1n) is 37.4. The monoisotopic (exact) mass is 1870 g/mol. The molecule has 2 saturated heterocycles. The number of phenolic OH excluding ortho intramolecular Hbond substituents is 26. The first-order valence-corrected chi connectivity index (χ1v) is 37.4. The summed E-state index contributed by atoms with van der Waals surface area (Å²) in [6, 6.07) is 3.66. The molecule has 29 N–H and O–H groups in total. The summed E-state index contributed by atoms with van der Waals surface area (Å²) in [7, 11) is 0. The molecule has 134 heavy (non-hydrogen) atoms. The largest absolute Gasteiger partial charge is 0.506 e. The Morgan fingerprint density at radius 2 is 0.649 bits per heavy atom. The summed E-state index contributed by atoms with van der Waals surface area (Å²) in [4.78, 5) is 149. The number of aliphatic hydroxyl groups is 3. The Morgan fingerprint density at radius 3 is 1.12 bits per heavy atom. The minimum absolute atomic E-state index is 0.110. The highest BCUT2D eigenvalue weighted by molar-refractivity contribution is 6.11. The molecule has 5 aliphatic heterocycles. The van der Waals surface area contributed by atoms with Crippen molar-refractivity contribution in [1.82, 2.24) is 0 Å². The summed E-state index contributed by atoms with van der Waals surface area (Å²) in [6.45, 7) is -3.11. The maximum absolute atomic E-state index is 15.4. The van der Waals surface area contributed by atoms with Crippen LogP contribution >= 0.6 is 0 Å². The highest BCUT2D eigenvalue weighted by Crippen LogP contribution is 2.59. The number of fused-ring (bicyclic) bond motifs is 13. The van der Waals surface area contributed by atoms with E-state index in [-0.39, 0.29) is 36.4 Å². The van der Waals surface area contributed by atoms with E-state index in [1.807, 2.05) is 0 Å². The van der Waals surface area contributed by atoms with Gasteiger partial charge in [-0.15, -0.1) is 0 Å². The molecule has 15 rings (SSSR count). The van der Waals surface area contributed by atoms with Crippen molar-refractivity contribution in [3.05, 3.63) is 152 Å². The highest BCUT2D eigenvalue weighted by atomic mass is 16.8. The predicted octanol–water partition coefficient (Wildman–Crippen LogP) is 3.03. The van der Waals surface area contributed by atoms with Gasteiger partial charge in [0.25, 0.3) is 0 Å². The second kappa shape index (κ2) is 33.1. The number of phenols is 26. The molecular weight excluding hydrogens is 1820 g/mol. The van der Waals surface area contributed by atoms with E-state index in [1.165, 1.54) is 0 Å². The van der Waals surface area contributed by atoms with Crippen LogP contribution in [0, 0.1) is 0 Å². The minimum Gasteiger partial charge on any atom is -0.506 e. The van der Waals surface area contributed by atoms with E-state index >= 15 is 28.8 Å². The van der Waals surface area contributed by atoms with E-state index in [0.29, 0.717) is 42.5 Å². The molecule has 3 unspecified atom stereocenters. The lowest BCUT2D eigenvalue weighted by Crippen LogP contribution is -2.63. The number of aromatic hydroxyl groups is 26. The van der Waals surface area contributed by atoms with Gasteiger partial charge in [0.2, 0.25) is 70.8 Å². The van der Waals surface area contributed by atoms with Gasteiger partial charge in [-0.05, 0) is 72.8 Å². The van der Waals surface area contributed by atoms with Crippen LogP contribution in [0.1, 0.15) is 105 Å². The van der Waals surface area contributed by atoms with Crippen molar-refractivity contribution in [3.8, 4) is 183 Å². The Hall–Kier alpha value is -18.8. The fraction of sp³-hybridized carbons (Fsp3) is 0.171. The zero-order valence-corrected chi connectivity index (χ0v) is 65.7. The molecule has 5 heterocycles. The van der Waals surface area contributed by atoms with Gasteiger partial charge < -0.3 is 210 Å². The molecule has 0 radical (unpaired) electrons. The molecule has 0 amide bonds. The summed E-state index contributed by atoms with van der Waals surface area (Å²) in [6.07, 6.45) is -30.7. The molecule has 0 aromatic heterocycles. The second-order valence-electron chi connectivity index (χ2n) is 29.4. The lowest BCUT2D eigenvalue weighted by molar-refractivity contribution is -0.286. The zero-order chi connectivity index (χ0) is 97.5. The van der Waals surface area contributed by atoms with Gasteiger partial charge in [0.15, 0.2) is 151 Å². The van der Waals surface area contributed by atoms with Gasteiger partial charge in [-0.3, -0.25) is 0 Å². The Balaban J connectivity index is 0.837. The summed E-state index contributed by atoms with van der Waals surface area (Å²) in [5, 5.41) is 319. The van der Waals surface area contributed by atoms with Crippen molar-refractivity contribution in [2.75, 3.05) is 13.2 Å². The summed E-state index contributed by atoms with van der Waals surface area (Å²) < 4.78 is 74.6. The molecule has 6 aliphatic rings. The van der Waals surface area contributed by atoms with Crippen LogP contribution in [-0.4, -0.2) is 289 Å². The van der Waals surface area contributed by atoms with E-state index in [9.17, 15) is 167 Å².